The normalized spacial score (nSPS) is 10.3. The first kappa shape index (κ1) is 29.5. The summed E-state index contributed by atoms with van der Waals surface area (Å²) in [5, 5.41) is 0. The summed E-state index contributed by atoms with van der Waals surface area (Å²) >= 11 is 0. The SMILES string of the molecule is CCCCCCCCCCCC[n+]1cccc(-c2ccc[n+](Cc3ccccc3)c2)c1.[Br-].[Br-]. The van der Waals surface area contributed by atoms with E-state index in [0.717, 1.165) is 13.1 Å². The summed E-state index contributed by atoms with van der Waals surface area (Å²) < 4.78 is 4.62. The van der Waals surface area contributed by atoms with E-state index in [9.17, 15) is 0 Å². The highest BCUT2D eigenvalue weighted by molar-refractivity contribution is 5.59. The molecule has 3 rings (SSSR count). The standard InChI is InChI=1S/C29H40N2.2BrH/c1-2-3-4-5-6-7-8-9-10-14-21-30-22-15-19-28(25-30)29-20-16-23-31(26-29)24-27-17-12-11-13-18-27;;/h11-13,15-20,22-23,25-26H,2-10,14,21,24H2,1H3;2*1H/q+2;;/p-2. The first-order valence-electron chi connectivity index (χ1n) is 12.4. The van der Waals surface area contributed by atoms with Crippen LogP contribution in [-0.2, 0) is 13.1 Å². The molecular weight excluding hydrogens is 536 g/mol. The Labute approximate surface area is 222 Å². The van der Waals surface area contributed by atoms with Crippen LogP contribution in [0.2, 0.25) is 0 Å². The molecule has 3 aromatic rings. The quantitative estimate of drug-likeness (QED) is 0.199. The molecule has 0 radical (unpaired) electrons. The van der Waals surface area contributed by atoms with Crippen LogP contribution in [0.25, 0.3) is 11.1 Å². The van der Waals surface area contributed by atoms with E-state index in [-0.39, 0.29) is 34.0 Å². The number of pyridine rings is 2. The summed E-state index contributed by atoms with van der Waals surface area (Å²) in [6.07, 6.45) is 22.8. The average molecular weight is 576 g/mol. The first-order chi connectivity index (χ1) is 15.3. The largest absolute Gasteiger partial charge is 1.00 e. The second-order valence-electron chi connectivity index (χ2n) is 8.76. The Balaban J connectivity index is 0.00000272. The minimum Gasteiger partial charge on any atom is -1.00 e. The molecule has 0 unspecified atom stereocenters. The Morgan fingerprint density at radius 3 is 1.67 bits per heavy atom. The van der Waals surface area contributed by atoms with Gasteiger partial charge in [-0.05, 0) is 18.6 Å². The van der Waals surface area contributed by atoms with Crippen LogP contribution in [-0.4, -0.2) is 0 Å². The molecule has 0 saturated carbocycles. The number of unbranched alkanes of at least 4 members (excludes halogenated alkanes) is 9. The topological polar surface area (TPSA) is 7.76 Å². The maximum Gasteiger partial charge on any atom is 0.177 e. The summed E-state index contributed by atoms with van der Waals surface area (Å²) in [7, 11) is 0. The molecular formula is C29H40Br2N2. The van der Waals surface area contributed by atoms with Crippen molar-refractivity contribution in [1.29, 1.82) is 0 Å². The minimum atomic E-state index is 0. The number of aryl methyl sites for hydroxylation is 1. The van der Waals surface area contributed by atoms with Gasteiger partial charge in [-0.3, -0.25) is 0 Å². The molecule has 4 heteroatoms. The second-order valence-corrected chi connectivity index (χ2v) is 8.76. The van der Waals surface area contributed by atoms with E-state index >= 15 is 0 Å². The molecule has 2 nitrogen and oxygen atoms in total. The van der Waals surface area contributed by atoms with Crippen LogP contribution in [0.3, 0.4) is 0 Å². The number of nitrogens with zero attached hydrogens (tertiary/aromatic N) is 2. The van der Waals surface area contributed by atoms with Crippen LogP contribution in [0, 0.1) is 0 Å². The fourth-order valence-corrected chi connectivity index (χ4v) is 4.20. The Bertz CT molecular complexity index is 884. The Hall–Kier alpha value is -1.52. The lowest BCUT2D eigenvalue weighted by Gasteiger charge is -2.03. The van der Waals surface area contributed by atoms with Crippen LogP contribution in [0.1, 0.15) is 76.7 Å². The van der Waals surface area contributed by atoms with E-state index in [4.69, 9.17) is 0 Å². The Morgan fingerprint density at radius 2 is 1.06 bits per heavy atom. The van der Waals surface area contributed by atoms with Gasteiger partial charge in [0.2, 0.25) is 0 Å². The van der Waals surface area contributed by atoms with Crippen LogP contribution in [0.15, 0.2) is 79.4 Å². The molecule has 33 heavy (non-hydrogen) atoms. The summed E-state index contributed by atoms with van der Waals surface area (Å²) in [6, 6.07) is 19.4. The lowest BCUT2D eigenvalue weighted by atomic mass is 10.1. The molecule has 0 amide bonds. The van der Waals surface area contributed by atoms with Crippen molar-refractivity contribution in [2.24, 2.45) is 0 Å². The Kier molecular flexibility index (Phi) is 16.0. The zero-order valence-electron chi connectivity index (χ0n) is 20.1. The van der Waals surface area contributed by atoms with E-state index in [1.807, 2.05) is 0 Å². The van der Waals surface area contributed by atoms with Crippen LogP contribution in [0.5, 0.6) is 0 Å². The van der Waals surface area contributed by atoms with Crippen LogP contribution >= 0.6 is 0 Å². The zero-order chi connectivity index (χ0) is 21.6. The highest BCUT2D eigenvalue weighted by Crippen LogP contribution is 2.15. The number of rotatable bonds is 14. The van der Waals surface area contributed by atoms with Crippen molar-refractivity contribution in [3.63, 3.8) is 0 Å². The van der Waals surface area contributed by atoms with Crippen molar-refractivity contribution in [3.8, 4) is 11.1 Å². The third-order valence-electron chi connectivity index (χ3n) is 6.03. The van der Waals surface area contributed by atoms with Crippen LogP contribution in [0.4, 0.5) is 0 Å². The number of hydrogen-bond acceptors (Lipinski definition) is 0. The predicted octanol–water partition coefficient (Wildman–Crippen LogP) is 0.906. The van der Waals surface area contributed by atoms with Gasteiger partial charge < -0.3 is 34.0 Å². The van der Waals surface area contributed by atoms with E-state index in [1.165, 1.54) is 80.9 Å². The molecule has 0 aliphatic rings. The zero-order valence-corrected chi connectivity index (χ0v) is 23.3. The molecule has 0 aliphatic carbocycles. The van der Waals surface area contributed by atoms with E-state index in [2.05, 4.69) is 95.4 Å². The maximum atomic E-state index is 2.36. The lowest BCUT2D eigenvalue weighted by molar-refractivity contribution is -0.697. The molecule has 0 fully saturated rings. The fraction of sp³-hybridized carbons (Fsp3) is 0.448. The van der Waals surface area contributed by atoms with Gasteiger partial charge in [0.25, 0.3) is 0 Å². The maximum absolute atomic E-state index is 2.36. The summed E-state index contributed by atoms with van der Waals surface area (Å²) in [5.74, 6) is 0. The van der Waals surface area contributed by atoms with Gasteiger partial charge in [0.05, 0.1) is 11.1 Å². The van der Waals surface area contributed by atoms with Crippen molar-refractivity contribution >= 4 is 0 Å². The molecule has 1 aromatic carbocycles. The van der Waals surface area contributed by atoms with E-state index < -0.39 is 0 Å². The van der Waals surface area contributed by atoms with Crippen molar-refractivity contribution in [2.45, 2.75) is 84.2 Å². The molecule has 2 aromatic heterocycles. The smallest absolute Gasteiger partial charge is 0.177 e. The summed E-state index contributed by atoms with van der Waals surface area (Å²) in [5.41, 5.74) is 3.89. The second kappa shape index (κ2) is 17.9. The third kappa shape index (κ3) is 11.4. The molecule has 2 heterocycles. The predicted molar refractivity (Wildman–Crippen MR) is 130 cm³/mol. The summed E-state index contributed by atoms with van der Waals surface area (Å²) in [4.78, 5) is 0. The summed E-state index contributed by atoms with van der Waals surface area (Å²) in [6.45, 7) is 4.30. The van der Waals surface area contributed by atoms with Gasteiger partial charge in [0.1, 0.15) is 6.54 Å². The molecule has 0 N–H and O–H groups in total. The van der Waals surface area contributed by atoms with Gasteiger partial charge in [0, 0.05) is 24.1 Å². The first-order valence-corrected chi connectivity index (χ1v) is 12.4. The molecule has 180 valence electrons. The number of aromatic nitrogens is 2. The molecule has 0 atom stereocenters. The highest BCUT2D eigenvalue weighted by Gasteiger charge is 2.09. The number of benzene rings is 1. The third-order valence-corrected chi connectivity index (χ3v) is 6.03. The van der Waals surface area contributed by atoms with Crippen LogP contribution < -0.4 is 43.1 Å². The van der Waals surface area contributed by atoms with E-state index in [0.29, 0.717) is 0 Å². The van der Waals surface area contributed by atoms with Gasteiger partial charge in [-0.15, -0.1) is 0 Å². The van der Waals surface area contributed by atoms with Gasteiger partial charge in [-0.2, -0.15) is 0 Å². The molecule has 0 saturated heterocycles. The molecule has 0 aliphatic heterocycles. The van der Waals surface area contributed by atoms with Gasteiger partial charge in [0.15, 0.2) is 31.3 Å². The van der Waals surface area contributed by atoms with E-state index in [1.54, 1.807) is 0 Å². The van der Waals surface area contributed by atoms with Crippen molar-refractivity contribution in [2.75, 3.05) is 0 Å². The fourth-order valence-electron chi connectivity index (χ4n) is 4.20. The highest BCUT2D eigenvalue weighted by atomic mass is 79.9. The number of hydrogen-bond donors (Lipinski definition) is 0. The number of halogens is 2. The Morgan fingerprint density at radius 1 is 0.545 bits per heavy atom. The van der Waals surface area contributed by atoms with Crippen molar-refractivity contribution in [1.82, 2.24) is 0 Å². The van der Waals surface area contributed by atoms with Gasteiger partial charge in [-0.25, -0.2) is 9.13 Å². The molecule has 0 bridgehead atoms. The average Bonchev–Trinajstić information content (AvgIpc) is 2.81. The van der Waals surface area contributed by atoms with Gasteiger partial charge in [-0.1, -0.05) is 88.6 Å². The van der Waals surface area contributed by atoms with Crippen molar-refractivity contribution in [3.05, 3.63) is 84.9 Å². The van der Waals surface area contributed by atoms with Crippen molar-refractivity contribution < 1.29 is 43.1 Å². The molecule has 0 spiro atoms. The minimum absolute atomic E-state index is 0. The monoisotopic (exact) mass is 574 g/mol. The lowest BCUT2D eigenvalue weighted by Crippen LogP contribution is -3.00. The van der Waals surface area contributed by atoms with Gasteiger partial charge >= 0.3 is 0 Å².